The van der Waals surface area contributed by atoms with Gasteiger partial charge in [0.1, 0.15) is 31.3 Å². The van der Waals surface area contributed by atoms with Crippen LogP contribution in [0.2, 0.25) is 0 Å². The number of ether oxygens (including phenoxy) is 4. The van der Waals surface area contributed by atoms with Crippen molar-refractivity contribution in [2.45, 2.75) is 164 Å². The second-order valence-corrected chi connectivity index (χ2v) is 26.8. The fourth-order valence-corrected chi connectivity index (χ4v) is 13.1. The summed E-state index contributed by atoms with van der Waals surface area (Å²) in [5.41, 5.74) is 1.04. The van der Waals surface area contributed by atoms with E-state index < -0.39 is 82.6 Å². The van der Waals surface area contributed by atoms with E-state index in [1.807, 2.05) is 20.8 Å². The number of cyclic esters (lactones) is 1. The van der Waals surface area contributed by atoms with Crippen molar-refractivity contribution in [3.63, 3.8) is 0 Å². The number of anilines is 1. The Labute approximate surface area is 513 Å². The molecule has 86 heavy (non-hydrogen) atoms. The molecule has 4 aromatic rings. The molecule has 458 valence electrons. The van der Waals surface area contributed by atoms with Crippen LogP contribution in [0.3, 0.4) is 0 Å². The number of carboxylic acid groups (broad SMARTS) is 1. The van der Waals surface area contributed by atoms with Crippen LogP contribution in [0.5, 0.6) is 11.5 Å². The van der Waals surface area contributed by atoms with Crippen molar-refractivity contribution in [2.75, 3.05) is 18.7 Å². The number of carbonyl (C=O) groups excluding carboxylic acids is 8. The lowest BCUT2D eigenvalue weighted by atomic mass is 9.86. The first-order chi connectivity index (χ1) is 40.9. The number of carboxylic acids is 1. The number of fused-ring (bicyclic) bond motifs is 6. The minimum atomic E-state index is -2.03. The van der Waals surface area contributed by atoms with E-state index in [9.17, 15) is 58.2 Å². The zero-order chi connectivity index (χ0) is 62.2. The van der Waals surface area contributed by atoms with E-state index in [0.29, 0.717) is 56.9 Å². The standard InChI is InChI=1S/C60H69IN8O16S/c1-7-9-10-11-21-59(6,61)86-47-26-49(71)68(56(47)78)22-20-48(70)65-41(17-12-32(3)4)53(75)63-33(5)52(74)67-42(18-19-50(72)73)54(76)64-35-15-13-34(14-16-35)29-83-58(80)62-27-37-36-23-45-46(85-31-84-45)25-43(36)66-51-38(37)28-69-44(51)24-40-39(55(69)77)30-82-57(79)60(40,81)8-2/h13-16,23-25,32-33,41-42,47,81H,8,10-12,17-22,26-31H2,1-6H3,(H,62,80)(H,63,75)(H,64,76)(H,65,70)(H,67,74)(H,72,73)/t33-,41+,42-,47?,59?,60-/m0/s1. The zero-order valence-corrected chi connectivity index (χ0v) is 51.5. The molecule has 24 nitrogen and oxygen atoms in total. The number of rotatable bonds is 26. The van der Waals surface area contributed by atoms with Crippen molar-refractivity contribution >= 4 is 104 Å². The fraction of sp³-hybridized carbons (Fsp3) is 0.483. The molecule has 2 unspecified atom stereocenters. The van der Waals surface area contributed by atoms with Crippen LogP contribution in [0, 0.1) is 17.8 Å². The van der Waals surface area contributed by atoms with E-state index in [1.54, 1.807) is 44.2 Å². The Balaban J connectivity index is 0.847. The van der Waals surface area contributed by atoms with Crippen molar-refractivity contribution in [2.24, 2.45) is 5.92 Å². The third-order valence-electron chi connectivity index (χ3n) is 15.3. The predicted molar refractivity (Wildman–Crippen MR) is 322 cm³/mol. The van der Waals surface area contributed by atoms with Gasteiger partial charge in [-0.25, -0.2) is 14.6 Å². The number of amides is 7. The average Bonchev–Trinajstić information content (AvgIpc) is 1.52. The number of aliphatic hydroxyl groups is 1. The van der Waals surface area contributed by atoms with Crippen LogP contribution >= 0.6 is 34.4 Å². The van der Waals surface area contributed by atoms with E-state index in [1.165, 1.54) is 35.4 Å². The summed E-state index contributed by atoms with van der Waals surface area (Å²) in [6, 6.07) is 7.48. The van der Waals surface area contributed by atoms with E-state index in [0.717, 1.165) is 24.2 Å². The molecule has 4 aliphatic rings. The number of thioether (sulfide) groups is 1. The van der Waals surface area contributed by atoms with Gasteiger partial charge in [-0.15, -0.1) is 23.6 Å². The lowest BCUT2D eigenvalue weighted by Gasteiger charge is -2.31. The van der Waals surface area contributed by atoms with Crippen molar-refractivity contribution in [3.8, 4) is 34.7 Å². The van der Waals surface area contributed by atoms with Crippen molar-refractivity contribution < 1.29 is 72.3 Å². The van der Waals surface area contributed by atoms with Gasteiger partial charge in [0.05, 0.1) is 37.0 Å². The quantitative estimate of drug-likeness (QED) is 0.00892. The molecule has 0 aliphatic carbocycles. The molecule has 1 fully saturated rings. The van der Waals surface area contributed by atoms with Gasteiger partial charge in [-0.05, 0) is 101 Å². The third-order valence-corrected chi connectivity index (χ3v) is 17.9. The van der Waals surface area contributed by atoms with E-state index in [2.05, 4.69) is 61.0 Å². The number of esters is 1. The molecular formula is C60H69IN8O16S. The SMILES string of the molecule is CC#CCCCC(C)(I)SC1CC(=O)N(CCC(=O)N[C@H](CCC(C)C)C(=O)N[C@@H](C)C(=O)N[C@@H](CCC(=O)O)C(=O)Nc2ccc(COC(=O)NCc3c4c(nc5cc6c(cc35)OCO6)-c3cc5c(c(=O)n3C4)COC(=O)[C@]5(O)CC)cc2)C1=O. The number of carbonyl (C=O) groups is 9. The molecule has 2 aromatic carbocycles. The number of likely N-dealkylation sites (tertiary alicyclic amines) is 1. The maximum Gasteiger partial charge on any atom is 0.407 e. The Morgan fingerprint density at radius 3 is 2.34 bits per heavy atom. The highest BCUT2D eigenvalue weighted by Gasteiger charge is 2.46. The van der Waals surface area contributed by atoms with Gasteiger partial charge in [-0.3, -0.25) is 43.3 Å². The van der Waals surface area contributed by atoms with Gasteiger partial charge in [0.15, 0.2) is 17.1 Å². The highest BCUT2D eigenvalue weighted by molar-refractivity contribution is 14.1. The van der Waals surface area contributed by atoms with Crippen molar-refractivity contribution in [1.29, 1.82) is 0 Å². The zero-order valence-electron chi connectivity index (χ0n) is 48.5. The van der Waals surface area contributed by atoms with Crippen LogP contribution in [-0.4, -0.2) is 118 Å². The number of nitrogens with one attached hydrogen (secondary N) is 5. The van der Waals surface area contributed by atoms with Gasteiger partial charge < -0.3 is 60.3 Å². The summed E-state index contributed by atoms with van der Waals surface area (Å²) in [5.74, 6) is 1.26. The number of hydrogen-bond acceptors (Lipinski definition) is 17. The smallest absolute Gasteiger partial charge is 0.407 e. The summed E-state index contributed by atoms with van der Waals surface area (Å²) in [4.78, 5) is 138. The van der Waals surface area contributed by atoms with E-state index in [-0.39, 0.29) is 109 Å². The number of unbranched alkanes of at least 4 members (excludes halogenated alkanes) is 1. The Kier molecular flexibility index (Phi) is 20.7. The fourth-order valence-electron chi connectivity index (χ4n) is 10.4. The second-order valence-electron chi connectivity index (χ2n) is 22.0. The number of alkyl carbamates (subject to hydrolysis) is 1. The largest absolute Gasteiger partial charge is 0.481 e. The van der Waals surface area contributed by atoms with Gasteiger partial charge in [0.25, 0.3) is 5.56 Å². The highest BCUT2D eigenvalue weighted by atomic mass is 127. The average molecular weight is 1320 g/mol. The van der Waals surface area contributed by atoms with Gasteiger partial charge >= 0.3 is 18.0 Å². The van der Waals surface area contributed by atoms with Crippen LogP contribution in [-0.2, 0) is 79.7 Å². The van der Waals surface area contributed by atoms with Crippen LogP contribution < -0.4 is 41.6 Å². The van der Waals surface area contributed by atoms with Crippen LogP contribution in [0.15, 0.2) is 47.3 Å². The number of hydrogen-bond donors (Lipinski definition) is 7. The van der Waals surface area contributed by atoms with Crippen molar-refractivity contribution in [1.82, 2.24) is 35.7 Å². The van der Waals surface area contributed by atoms with Gasteiger partial charge in [0, 0.05) is 67.0 Å². The molecule has 0 saturated carbocycles. The molecule has 2 aromatic heterocycles. The lowest BCUT2D eigenvalue weighted by Crippen LogP contribution is -2.55. The Bertz CT molecular complexity index is 3490. The Hall–Kier alpha value is -7.77. The molecule has 6 atom stereocenters. The first-order valence-electron chi connectivity index (χ1n) is 28.3. The molecule has 7 N–H and O–H groups in total. The molecule has 7 amide bonds. The van der Waals surface area contributed by atoms with Crippen LogP contribution in [0.1, 0.15) is 134 Å². The number of aromatic nitrogens is 2. The number of halogens is 1. The molecule has 0 radical (unpaired) electrons. The monoisotopic (exact) mass is 1320 g/mol. The number of benzene rings is 2. The minimum Gasteiger partial charge on any atom is -0.481 e. The highest BCUT2D eigenvalue weighted by Crippen LogP contribution is 2.45. The van der Waals surface area contributed by atoms with Gasteiger partial charge in [0.2, 0.25) is 42.2 Å². The number of nitrogens with zero attached hydrogens (tertiary/aromatic N) is 3. The minimum absolute atomic E-state index is 0.00979. The first-order valence-corrected chi connectivity index (χ1v) is 30.3. The summed E-state index contributed by atoms with van der Waals surface area (Å²) in [7, 11) is 0. The molecular weight excluding hydrogens is 1250 g/mol. The van der Waals surface area contributed by atoms with E-state index in [4.69, 9.17) is 23.9 Å². The van der Waals surface area contributed by atoms with Crippen LogP contribution in [0.25, 0.3) is 22.3 Å². The van der Waals surface area contributed by atoms with Crippen LogP contribution in [0.4, 0.5) is 10.5 Å². The number of alkyl halides is 1. The molecule has 0 spiro atoms. The summed E-state index contributed by atoms with van der Waals surface area (Å²) >= 11 is 3.71. The molecule has 1 saturated heterocycles. The molecule has 8 rings (SSSR count). The van der Waals surface area contributed by atoms with Gasteiger partial charge in [-0.1, -0.05) is 55.5 Å². The summed E-state index contributed by atoms with van der Waals surface area (Å²) < 4.78 is 23.2. The Morgan fingerprint density at radius 2 is 1.64 bits per heavy atom. The number of aliphatic carboxylic acids is 1. The lowest BCUT2D eigenvalue weighted by molar-refractivity contribution is -0.172. The molecule has 26 heteroatoms. The van der Waals surface area contributed by atoms with Crippen molar-refractivity contribution in [3.05, 3.63) is 80.6 Å². The van der Waals surface area contributed by atoms with E-state index >= 15 is 0 Å². The first kappa shape index (κ1) is 64.2. The third kappa shape index (κ3) is 15.1. The maximum atomic E-state index is 14.0. The normalized spacial score (nSPS) is 18.1. The molecule has 6 heterocycles. The number of imide groups is 1. The second kappa shape index (κ2) is 27.7. The Morgan fingerprint density at radius 1 is 0.919 bits per heavy atom. The topological polar surface area (TPSA) is 329 Å². The summed E-state index contributed by atoms with van der Waals surface area (Å²) in [6.07, 6.45) is 1.19. The molecule has 4 aliphatic heterocycles. The predicted octanol–water partition coefficient (Wildman–Crippen LogP) is 5.54. The summed E-state index contributed by atoms with van der Waals surface area (Å²) in [5, 5.41) is 34.2. The summed E-state index contributed by atoms with van der Waals surface area (Å²) in [6.45, 7) is 9.92. The van der Waals surface area contributed by atoms with Gasteiger partial charge in [-0.2, -0.15) is 0 Å². The maximum absolute atomic E-state index is 14.0. The molecule has 0 bridgehead atoms. The number of pyridine rings is 2.